The van der Waals surface area contributed by atoms with Crippen molar-refractivity contribution in [3.63, 3.8) is 0 Å². The van der Waals surface area contributed by atoms with E-state index in [2.05, 4.69) is 5.32 Å². The van der Waals surface area contributed by atoms with E-state index in [-0.39, 0.29) is 0 Å². The Labute approximate surface area is 131 Å². The van der Waals surface area contributed by atoms with Crippen molar-refractivity contribution in [3.05, 3.63) is 58.1 Å². The van der Waals surface area contributed by atoms with Crippen LogP contribution in [0, 0.1) is 0 Å². The number of carboxylic acid groups (broad SMARTS) is 1. The summed E-state index contributed by atoms with van der Waals surface area (Å²) >= 11 is 18.0. The molecule has 2 aromatic carbocycles. The Kier molecular flexibility index (Phi) is 4.76. The topological polar surface area (TPSA) is 49.3 Å². The zero-order valence-corrected chi connectivity index (χ0v) is 12.4. The minimum Gasteiger partial charge on any atom is -0.480 e. The quantitative estimate of drug-likeness (QED) is 0.767. The van der Waals surface area contributed by atoms with Gasteiger partial charge in [-0.1, -0.05) is 47.5 Å². The zero-order valence-electron chi connectivity index (χ0n) is 10.1. The SMILES string of the molecule is O=C(O)C(Cl)c1ccccc1Nc1c(Cl)cccc1Cl. The average molecular weight is 331 g/mol. The summed E-state index contributed by atoms with van der Waals surface area (Å²) < 4.78 is 0. The molecule has 20 heavy (non-hydrogen) atoms. The van der Waals surface area contributed by atoms with Crippen molar-refractivity contribution in [1.29, 1.82) is 0 Å². The van der Waals surface area contributed by atoms with Crippen LogP contribution in [-0.2, 0) is 4.79 Å². The Balaban J connectivity index is 2.42. The van der Waals surface area contributed by atoms with E-state index in [0.717, 1.165) is 0 Å². The molecule has 1 unspecified atom stereocenters. The van der Waals surface area contributed by atoms with Crippen LogP contribution in [0.3, 0.4) is 0 Å². The third-order valence-corrected chi connectivity index (χ3v) is 3.72. The predicted molar refractivity (Wildman–Crippen MR) is 82.4 cm³/mol. The van der Waals surface area contributed by atoms with Crippen molar-refractivity contribution in [3.8, 4) is 0 Å². The van der Waals surface area contributed by atoms with E-state index in [1.54, 1.807) is 42.5 Å². The van der Waals surface area contributed by atoms with Gasteiger partial charge in [0.05, 0.1) is 15.7 Å². The Morgan fingerprint density at radius 1 is 1.05 bits per heavy atom. The number of hydrogen-bond donors (Lipinski definition) is 2. The molecule has 0 radical (unpaired) electrons. The van der Waals surface area contributed by atoms with Gasteiger partial charge in [0.1, 0.15) is 0 Å². The summed E-state index contributed by atoms with van der Waals surface area (Å²) in [4.78, 5) is 11.0. The molecule has 0 spiro atoms. The third-order valence-electron chi connectivity index (χ3n) is 2.67. The van der Waals surface area contributed by atoms with Gasteiger partial charge in [0.15, 0.2) is 5.38 Å². The zero-order chi connectivity index (χ0) is 14.7. The maximum Gasteiger partial charge on any atom is 0.326 e. The maximum absolute atomic E-state index is 11.0. The van der Waals surface area contributed by atoms with Gasteiger partial charge in [-0.15, -0.1) is 11.6 Å². The molecule has 1 atom stereocenters. The molecule has 0 saturated carbocycles. The lowest BCUT2D eigenvalue weighted by Crippen LogP contribution is -2.07. The number of anilines is 2. The first-order valence-corrected chi connectivity index (χ1v) is 6.86. The summed E-state index contributed by atoms with van der Waals surface area (Å²) in [6.45, 7) is 0. The molecule has 2 aromatic rings. The Bertz CT molecular complexity index is 626. The molecule has 2 N–H and O–H groups in total. The molecule has 0 amide bonds. The first kappa shape index (κ1) is 15.0. The van der Waals surface area contributed by atoms with Crippen molar-refractivity contribution < 1.29 is 9.90 Å². The van der Waals surface area contributed by atoms with Crippen molar-refractivity contribution in [2.45, 2.75) is 5.38 Å². The van der Waals surface area contributed by atoms with Crippen LogP contribution in [0.25, 0.3) is 0 Å². The number of benzene rings is 2. The lowest BCUT2D eigenvalue weighted by atomic mass is 10.1. The van der Waals surface area contributed by atoms with Crippen LogP contribution in [0.5, 0.6) is 0 Å². The van der Waals surface area contributed by atoms with Crippen LogP contribution in [0.15, 0.2) is 42.5 Å². The van der Waals surface area contributed by atoms with Crippen LogP contribution >= 0.6 is 34.8 Å². The largest absolute Gasteiger partial charge is 0.480 e. The average Bonchev–Trinajstić information content (AvgIpc) is 2.42. The second-order valence-electron chi connectivity index (χ2n) is 4.01. The van der Waals surface area contributed by atoms with Crippen molar-refractivity contribution in [1.82, 2.24) is 0 Å². The minimum absolute atomic E-state index is 0.439. The molecule has 0 aliphatic heterocycles. The van der Waals surface area contributed by atoms with E-state index < -0.39 is 11.3 Å². The highest BCUT2D eigenvalue weighted by atomic mass is 35.5. The molecule has 0 heterocycles. The highest BCUT2D eigenvalue weighted by molar-refractivity contribution is 6.39. The first-order chi connectivity index (χ1) is 9.50. The molecule has 0 aliphatic carbocycles. The van der Waals surface area contributed by atoms with Crippen molar-refractivity contribution in [2.24, 2.45) is 0 Å². The standard InChI is InChI=1S/C14H10Cl3NO2/c15-9-5-3-6-10(16)13(9)18-11-7-2-1-4-8(11)12(17)14(19)20/h1-7,12,18H,(H,19,20). The number of carboxylic acids is 1. The number of aliphatic carboxylic acids is 1. The number of para-hydroxylation sites is 2. The van der Waals surface area contributed by atoms with E-state index in [0.29, 0.717) is 27.0 Å². The van der Waals surface area contributed by atoms with Crippen molar-refractivity contribution in [2.75, 3.05) is 5.32 Å². The van der Waals surface area contributed by atoms with E-state index in [1.165, 1.54) is 0 Å². The highest BCUT2D eigenvalue weighted by Crippen LogP contribution is 2.36. The van der Waals surface area contributed by atoms with Crippen LogP contribution in [-0.4, -0.2) is 11.1 Å². The van der Waals surface area contributed by atoms with Crippen LogP contribution in [0.1, 0.15) is 10.9 Å². The van der Waals surface area contributed by atoms with Gasteiger partial charge in [0.25, 0.3) is 0 Å². The summed E-state index contributed by atoms with van der Waals surface area (Å²) in [5, 5.41) is 11.8. The predicted octanol–water partition coefficient (Wildman–Crippen LogP) is 5.10. The van der Waals surface area contributed by atoms with Gasteiger partial charge >= 0.3 is 5.97 Å². The Morgan fingerprint density at radius 3 is 2.25 bits per heavy atom. The molecular weight excluding hydrogens is 321 g/mol. The molecule has 0 bridgehead atoms. The molecule has 2 rings (SSSR count). The van der Waals surface area contributed by atoms with Crippen LogP contribution < -0.4 is 5.32 Å². The Morgan fingerprint density at radius 2 is 1.65 bits per heavy atom. The summed E-state index contributed by atoms with van der Waals surface area (Å²) in [5.74, 6) is -1.12. The summed E-state index contributed by atoms with van der Waals surface area (Å²) in [6, 6.07) is 11.9. The van der Waals surface area contributed by atoms with E-state index >= 15 is 0 Å². The second-order valence-corrected chi connectivity index (χ2v) is 5.26. The molecule has 0 aromatic heterocycles. The minimum atomic E-state index is -1.15. The number of alkyl halides is 1. The van der Waals surface area contributed by atoms with E-state index in [9.17, 15) is 4.79 Å². The van der Waals surface area contributed by atoms with Gasteiger partial charge in [0, 0.05) is 11.3 Å². The highest BCUT2D eigenvalue weighted by Gasteiger charge is 2.20. The normalized spacial score (nSPS) is 11.9. The van der Waals surface area contributed by atoms with Gasteiger partial charge < -0.3 is 10.4 Å². The first-order valence-electron chi connectivity index (χ1n) is 5.67. The fourth-order valence-corrected chi connectivity index (χ4v) is 2.40. The Hall–Kier alpha value is -1.42. The molecule has 0 aliphatic rings. The van der Waals surface area contributed by atoms with Crippen LogP contribution in [0.2, 0.25) is 10.0 Å². The van der Waals surface area contributed by atoms with Gasteiger partial charge in [0.2, 0.25) is 0 Å². The second kappa shape index (κ2) is 6.35. The van der Waals surface area contributed by atoms with Crippen LogP contribution in [0.4, 0.5) is 11.4 Å². The number of rotatable bonds is 4. The molecular formula is C14H10Cl3NO2. The molecule has 0 fully saturated rings. The summed E-state index contributed by atoms with van der Waals surface area (Å²) in [5.41, 5.74) is 1.50. The van der Waals surface area contributed by atoms with E-state index in [4.69, 9.17) is 39.9 Å². The molecule has 104 valence electrons. The van der Waals surface area contributed by atoms with Gasteiger partial charge in [-0.2, -0.15) is 0 Å². The van der Waals surface area contributed by atoms with Gasteiger partial charge in [-0.3, -0.25) is 4.79 Å². The number of carbonyl (C=O) groups is 1. The lowest BCUT2D eigenvalue weighted by molar-refractivity contribution is -0.136. The fraction of sp³-hybridized carbons (Fsp3) is 0.0714. The third kappa shape index (κ3) is 3.18. The van der Waals surface area contributed by atoms with Crippen molar-refractivity contribution >= 4 is 52.1 Å². The lowest BCUT2D eigenvalue weighted by Gasteiger charge is -2.15. The molecule has 3 nitrogen and oxygen atoms in total. The number of hydrogen-bond acceptors (Lipinski definition) is 2. The fourth-order valence-electron chi connectivity index (χ4n) is 1.72. The van der Waals surface area contributed by atoms with E-state index in [1.807, 2.05) is 0 Å². The maximum atomic E-state index is 11.0. The number of nitrogens with one attached hydrogen (secondary N) is 1. The summed E-state index contributed by atoms with van der Waals surface area (Å²) in [7, 11) is 0. The van der Waals surface area contributed by atoms with Gasteiger partial charge in [-0.25, -0.2) is 0 Å². The number of halogens is 3. The molecule has 6 heteroatoms. The monoisotopic (exact) mass is 329 g/mol. The van der Waals surface area contributed by atoms with Gasteiger partial charge in [-0.05, 0) is 18.2 Å². The molecule has 0 saturated heterocycles. The summed E-state index contributed by atoms with van der Waals surface area (Å²) in [6.07, 6.45) is 0. The smallest absolute Gasteiger partial charge is 0.326 e.